The van der Waals surface area contributed by atoms with Crippen LogP contribution < -0.4 is 4.72 Å². The van der Waals surface area contributed by atoms with Gasteiger partial charge in [-0.1, -0.05) is 43.2 Å². The molecule has 1 aromatic carbocycles. The number of aryl methyl sites for hydroxylation is 1. The van der Waals surface area contributed by atoms with Crippen molar-refractivity contribution >= 4 is 40.9 Å². The van der Waals surface area contributed by atoms with Crippen LogP contribution in [0.15, 0.2) is 29.2 Å². The minimum absolute atomic E-state index is 0.0855. The van der Waals surface area contributed by atoms with Crippen molar-refractivity contribution in [2.24, 2.45) is 5.92 Å². The lowest BCUT2D eigenvalue weighted by atomic mass is 9.96. The first-order chi connectivity index (χ1) is 11.7. The van der Waals surface area contributed by atoms with Crippen molar-refractivity contribution in [1.82, 2.24) is 4.72 Å². The minimum atomic E-state index is -1.56. The number of hydrogen-bond acceptors (Lipinski definition) is 5. The van der Waals surface area contributed by atoms with Gasteiger partial charge in [-0.3, -0.25) is 0 Å². The van der Waals surface area contributed by atoms with Crippen molar-refractivity contribution in [2.75, 3.05) is 5.75 Å². The molecule has 3 atom stereocenters. The van der Waals surface area contributed by atoms with E-state index in [1.165, 1.54) is 23.5 Å². The van der Waals surface area contributed by atoms with Crippen molar-refractivity contribution in [3.8, 4) is 0 Å². The molecular weight excluding hydrogens is 374 g/mol. The third-order valence-corrected chi connectivity index (χ3v) is 9.72. The number of hydrogen-bond donors (Lipinski definition) is 2. The first-order valence-corrected chi connectivity index (χ1v) is 11.5. The number of nitrogens with one attached hydrogen (secondary N) is 1. The molecule has 1 aromatic rings. The summed E-state index contributed by atoms with van der Waals surface area (Å²) in [6, 6.07) is 7.33. The van der Waals surface area contributed by atoms with Crippen molar-refractivity contribution < 1.29 is 14.5 Å². The van der Waals surface area contributed by atoms with E-state index < -0.39 is 21.5 Å². The van der Waals surface area contributed by atoms with E-state index in [1.807, 2.05) is 19.1 Å². The zero-order chi connectivity index (χ0) is 18.7. The van der Waals surface area contributed by atoms with Gasteiger partial charge >= 0.3 is 5.97 Å². The van der Waals surface area contributed by atoms with E-state index in [4.69, 9.17) is 0 Å². The summed E-state index contributed by atoms with van der Waals surface area (Å²) in [5.41, 5.74) is 1.08. The van der Waals surface area contributed by atoms with Crippen LogP contribution in [0.3, 0.4) is 0 Å². The first-order valence-electron chi connectivity index (χ1n) is 8.56. The van der Waals surface area contributed by atoms with Crippen LogP contribution in [0.1, 0.15) is 45.6 Å². The number of carboxylic acids is 1. The Morgan fingerprint density at radius 1 is 1.40 bits per heavy atom. The van der Waals surface area contributed by atoms with Gasteiger partial charge in [-0.25, -0.2) is 4.79 Å². The van der Waals surface area contributed by atoms with Crippen LogP contribution in [0.25, 0.3) is 0 Å². The fourth-order valence-corrected chi connectivity index (χ4v) is 7.71. The van der Waals surface area contributed by atoms with Crippen molar-refractivity contribution in [3.63, 3.8) is 0 Å². The largest absolute Gasteiger partial charge is 0.593 e. The van der Waals surface area contributed by atoms with E-state index in [-0.39, 0.29) is 4.75 Å². The molecule has 0 amide bonds. The molecule has 1 fully saturated rings. The molecular formula is C18H27NO3S3. The summed E-state index contributed by atoms with van der Waals surface area (Å²) >= 11 is 1.25. The van der Waals surface area contributed by atoms with Gasteiger partial charge in [-0.05, 0) is 44.2 Å². The Morgan fingerprint density at radius 2 is 2.04 bits per heavy atom. The molecule has 2 N–H and O–H groups in total. The summed E-state index contributed by atoms with van der Waals surface area (Å²) in [7, 11) is 0. The summed E-state index contributed by atoms with van der Waals surface area (Å²) < 4.78 is 14.3. The number of rotatable bonds is 8. The van der Waals surface area contributed by atoms with E-state index in [0.717, 1.165) is 30.6 Å². The molecule has 7 heteroatoms. The molecule has 4 nitrogen and oxygen atoms in total. The molecule has 140 valence electrons. The molecule has 1 saturated heterocycles. The van der Waals surface area contributed by atoms with Crippen LogP contribution in [0.5, 0.6) is 0 Å². The molecule has 0 bridgehead atoms. The van der Waals surface area contributed by atoms with Crippen LogP contribution >= 0.6 is 23.5 Å². The summed E-state index contributed by atoms with van der Waals surface area (Å²) in [4.78, 5) is 12.6. The van der Waals surface area contributed by atoms with Gasteiger partial charge in [0.2, 0.25) is 0 Å². The smallest absolute Gasteiger partial charge is 0.349 e. The van der Waals surface area contributed by atoms with E-state index in [0.29, 0.717) is 10.8 Å². The van der Waals surface area contributed by atoms with Crippen LogP contribution in [-0.2, 0) is 16.2 Å². The molecule has 0 aliphatic carbocycles. The molecule has 1 heterocycles. The van der Waals surface area contributed by atoms with Gasteiger partial charge in [0, 0.05) is 10.5 Å². The Morgan fingerprint density at radius 3 is 2.56 bits per heavy atom. The maximum Gasteiger partial charge on any atom is 0.349 e. The van der Waals surface area contributed by atoms with E-state index in [1.54, 1.807) is 12.1 Å². The fraction of sp³-hybridized carbons (Fsp3) is 0.611. The number of carbonyl (C=O) groups is 1. The standard InChI is InChI=1S/C18H27NO3S3/c1-5-17(11-10-13(2)3)12-23-18(24-17,16(20)21)19-25(22)15-8-6-14(4)7-9-15/h6-9,13,19H,5,10-12H2,1-4H3,(H,20,21)/t17?,18-,25?/m0/s1. The maximum atomic E-state index is 12.7. The second kappa shape index (κ2) is 8.57. The number of thioether (sulfide) groups is 2. The first kappa shape index (κ1) is 21.0. The third-order valence-electron chi connectivity index (χ3n) is 4.46. The number of aliphatic carboxylic acids is 1. The highest BCUT2D eigenvalue weighted by Crippen LogP contribution is 2.56. The number of carboxylic acid groups (broad SMARTS) is 1. The van der Waals surface area contributed by atoms with Crippen molar-refractivity contribution in [3.05, 3.63) is 29.8 Å². The SMILES string of the molecule is CCC1(CCC(C)C)CS[C@@](N[S+]([O-])c2ccc(C)cc2)(C(=O)O)S1. The summed E-state index contributed by atoms with van der Waals surface area (Å²) in [5.74, 6) is 0.386. The van der Waals surface area contributed by atoms with E-state index in [9.17, 15) is 14.5 Å². The zero-order valence-electron chi connectivity index (χ0n) is 15.2. The average Bonchev–Trinajstić information content (AvgIpc) is 2.94. The molecule has 1 aliphatic rings. The molecule has 0 aromatic heterocycles. The van der Waals surface area contributed by atoms with Gasteiger partial charge < -0.3 is 9.66 Å². The average molecular weight is 402 g/mol. The molecule has 1 aliphatic heterocycles. The Bertz CT molecular complexity index is 596. The Hall–Kier alpha value is -0.340. The number of benzene rings is 1. The van der Waals surface area contributed by atoms with Crippen LogP contribution in [0, 0.1) is 12.8 Å². The highest BCUT2D eigenvalue weighted by Gasteiger charge is 2.56. The second-order valence-corrected chi connectivity index (χ2v) is 11.3. The van der Waals surface area contributed by atoms with Gasteiger partial charge in [-0.15, -0.1) is 23.5 Å². The predicted octanol–water partition coefficient (Wildman–Crippen LogP) is 4.41. The van der Waals surface area contributed by atoms with Crippen molar-refractivity contribution in [2.45, 2.75) is 60.8 Å². The lowest BCUT2D eigenvalue weighted by molar-refractivity contribution is -0.137. The van der Waals surface area contributed by atoms with Gasteiger partial charge in [0.1, 0.15) is 0 Å². The Balaban J connectivity index is 2.16. The fourth-order valence-electron chi connectivity index (χ4n) is 2.67. The minimum Gasteiger partial charge on any atom is -0.593 e. The molecule has 0 saturated carbocycles. The lowest BCUT2D eigenvalue weighted by Gasteiger charge is -2.30. The monoisotopic (exact) mass is 401 g/mol. The topological polar surface area (TPSA) is 72.4 Å². The predicted molar refractivity (Wildman–Crippen MR) is 108 cm³/mol. The van der Waals surface area contributed by atoms with Crippen LogP contribution in [0.2, 0.25) is 0 Å². The molecule has 2 unspecified atom stereocenters. The van der Waals surface area contributed by atoms with Gasteiger partial charge in [0.15, 0.2) is 4.90 Å². The van der Waals surface area contributed by atoms with Crippen molar-refractivity contribution in [1.29, 1.82) is 0 Å². The van der Waals surface area contributed by atoms with Crippen LogP contribution in [-0.4, -0.2) is 30.3 Å². The Labute approximate surface area is 162 Å². The maximum absolute atomic E-state index is 12.7. The second-order valence-electron chi connectivity index (χ2n) is 6.97. The van der Waals surface area contributed by atoms with Gasteiger partial charge in [0.25, 0.3) is 4.20 Å². The highest BCUT2D eigenvalue weighted by molar-refractivity contribution is 8.23. The van der Waals surface area contributed by atoms with E-state index >= 15 is 0 Å². The highest BCUT2D eigenvalue weighted by atomic mass is 32.2. The Kier molecular flexibility index (Phi) is 7.18. The summed E-state index contributed by atoms with van der Waals surface area (Å²) in [5, 5.41) is 9.87. The van der Waals surface area contributed by atoms with E-state index in [2.05, 4.69) is 25.5 Å². The third kappa shape index (κ3) is 5.10. The van der Waals surface area contributed by atoms with Crippen LogP contribution in [0.4, 0.5) is 0 Å². The molecule has 2 rings (SSSR count). The molecule has 0 radical (unpaired) electrons. The zero-order valence-corrected chi connectivity index (χ0v) is 17.7. The lowest BCUT2D eigenvalue weighted by Crippen LogP contribution is -2.48. The molecule has 0 spiro atoms. The summed E-state index contributed by atoms with van der Waals surface area (Å²) in [6.07, 6.45) is 2.95. The quantitative estimate of drug-likeness (QED) is 0.629. The van der Waals surface area contributed by atoms with Gasteiger partial charge in [0.05, 0.1) is 11.4 Å². The normalized spacial score (nSPS) is 27.6. The summed E-state index contributed by atoms with van der Waals surface area (Å²) in [6.45, 7) is 8.45. The molecule has 25 heavy (non-hydrogen) atoms. The van der Waals surface area contributed by atoms with Gasteiger partial charge in [-0.2, -0.15) is 0 Å².